The Labute approximate surface area is 242 Å². The van der Waals surface area contributed by atoms with Gasteiger partial charge in [0.15, 0.2) is 0 Å². The maximum Gasteiger partial charge on any atom is 0.416 e. The minimum Gasteiger partial charge on any atom is -0.447 e. The second-order valence-electron chi connectivity index (χ2n) is 10.5. The highest BCUT2D eigenvalue weighted by Gasteiger charge is 2.39. The molecule has 1 aromatic carbocycles. The Morgan fingerprint density at radius 1 is 1.14 bits per heavy atom. The zero-order chi connectivity index (χ0) is 30.5. The lowest BCUT2D eigenvalue weighted by molar-refractivity contribution is -0.137. The van der Waals surface area contributed by atoms with Crippen molar-refractivity contribution in [2.75, 3.05) is 67.5 Å². The molecule has 0 aliphatic carbocycles. The molecule has 1 atom stereocenters. The number of aromatic nitrogens is 4. The van der Waals surface area contributed by atoms with E-state index in [1.54, 1.807) is 4.90 Å². The smallest absolute Gasteiger partial charge is 0.416 e. The maximum absolute atomic E-state index is 14.5. The fourth-order valence-corrected chi connectivity index (χ4v) is 5.74. The quantitative estimate of drug-likeness (QED) is 0.399. The molecular weight excluding hydrogens is 578 g/mol. The van der Waals surface area contributed by atoms with Crippen LogP contribution in [0.4, 0.5) is 39.7 Å². The summed E-state index contributed by atoms with van der Waals surface area (Å²) in [5.41, 5.74) is -1.12. The van der Waals surface area contributed by atoms with Crippen LogP contribution in [-0.2, 0) is 28.7 Å². The van der Waals surface area contributed by atoms with Gasteiger partial charge in [-0.1, -0.05) is 6.92 Å². The molecule has 0 radical (unpaired) electrons. The van der Waals surface area contributed by atoms with Crippen LogP contribution in [0.3, 0.4) is 0 Å². The monoisotopic (exact) mass is 607 g/mol. The van der Waals surface area contributed by atoms with Crippen molar-refractivity contribution in [3.8, 4) is 0 Å². The van der Waals surface area contributed by atoms with Gasteiger partial charge in [0.2, 0.25) is 17.6 Å². The third-order valence-corrected chi connectivity index (χ3v) is 7.85. The Morgan fingerprint density at radius 3 is 2.60 bits per heavy atom. The average Bonchev–Trinajstić information content (AvgIpc) is 3.59. The van der Waals surface area contributed by atoms with Gasteiger partial charge < -0.3 is 29.7 Å². The van der Waals surface area contributed by atoms with Gasteiger partial charge in [-0.3, -0.25) is 14.5 Å². The van der Waals surface area contributed by atoms with Crippen LogP contribution in [0.5, 0.6) is 0 Å². The van der Waals surface area contributed by atoms with E-state index in [9.17, 15) is 31.9 Å². The van der Waals surface area contributed by atoms with Gasteiger partial charge in [0.25, 0.3) is 5.56 Å². The number of carbonyl (C=O) groups is 2. The number of cyclic esters (lactones) is 1. The van der Waals surface area contributed by atoms with Gasteiger partial charge in [0.1, 0.15) is 24.7 Å². The Bertz CT molecular complexity index is 1630. The minimum absolute atomic E-state index is 0.0833. The fourth-order valence-electron chi connectivity index (χ4n) is 5.74. The molecule has 3 aliphatic heterocycles. The van der Waals surface area contributed by atoms with E-state index in [0.29, 0.717) is 75.7 Å². The van der Waals surface area contributed by atoms with E-state index < -0.39 is 41.3 Å². The van der Waals surface area contributed by atoms with Crippen molar-refractivity contribution in [3.05, 3.63) is 45.6 Å². The van der Waals surface area contributed by atoms with Gasteiger partial charge in [-0.15, -0.1) is 5.10 Å². The molecule has 3 fully saturated rings. The number of anilines is 3. The molecule has 0 unspecified atom stereocenters. The van der Waals surface area contributed by atoms with Crippen LogP contribution < -0.4 is 26.0 Å². The zero-order valence-electron chi connectivity index (χ0n) is 23.2. The van der Waals surface area contributed by atoms with Gasteiger partial charge in [-0.05, 0) is 24.6 Å². The number of carbonyl (C=O) groups excluding carboxylic acids is 2. The van der Waals surface area contributed by atoms with Crippen molar-refractivity contribution in [1.82, 2.24) is 29.4 Å². The van der Waals surface area contributed by atoms with Crippen LogP contribution in [0.2, 0.25) is 0 Å². The van der Waals surface area contributed by atoms with Crippen LogP contribution >= 0.6 is 0 Å². The van der Waals surface area contributed by atoms with Gasteiger partial charge in [-0.25, -0.2) is 9.18 Å². The summed E-state index contributed by atoms with van der Waals surface area (Å²) in [6.07, 6.45) is -4.77. The molecule has 0 saturated carbocycles. The van der Waals surface area contributed by atoms with E-state index in [-0.39, 0.29) is 30.5 Å². The number of piperazine rings is 2. The molecule has 13 nitrogen and oxygen atoms in total. The number of nitrogens with zero attached hydrogens (tertiary/aromatic N) is 7. The first-order valence-electron chi connectivity index (χ1n) is 13.9. The lowest BCUT2D eigenvalue weighted by atomic mass is 10.2. The van der Waals surface area contributed by atoms with E-state index in [2.05, 4.69) is 20.7 Å². The first kappa shape index (κ1) is 28.7. The van der Waals surface area contributed by atoms with Crippen LogP contribution in [0.25, 0.3) is 5.78 Å². The summed E-state index contributed by atoms with van der Waals surface area (Å²) >= 11 is 0. The van der Waals surface area contributed by atoms with Crippen molar-refractivity contribution >= 4 is 35.1 Å². The molecule has 6 rings (SSSR count). The number of halogens is 4. The third kappa shape index (κ3) is 5.32. The molecule has 2 aromatic heterocycles. The van der Waals surface area contributed by atoms with Gasteiger partial charge >= 0.3 is 12.3 Å². The molecule has 17 heteroatoms. The Balaban J connectivity index is 1.38. The summed E-state index contributed by atoms with van der Waals surface area (Å²) in [6, 6.07) is 1.67. The first-order chi connectivity index (χ1) is 20.5. The van der Waals surface area contributed by atoms with Crippen molar-refractivity contribution in [3.63, 3.8) is 0 Å². The molecular formula is C26H29F4N9O4. The number of nitrogens with one attached hydrogen (secondary N) is 2. The van der Waals surface area contributed by atoms with Crippen LogP contribution in [-0.4, -0.2) is 94.5 Å². The predicted octanol–water partition coefficient (Wildman–Crippen LogP) is 1.30. The predicted molar refractivity (Wildman–Crippen MR) is 146 cm³/mol. The van der Waals surface area contributed by atoms with E-state index in [1.165, 1.54) is 4.57 Å². The fraction of sp³-hybridized carbons (Fsp3) is 0.500. The zero-order valence-corrected chi connectivity index (χ0v) is 23.2. The molecule has 3 saturated heterocycles. The minimum atomic E-state index is -4.74. The normalized spacial score (nSPS) is 19.1. The molecule has 0 spiro atoms. The third-order valence-electron chi connectivity index (χ3n) is 7.85. The van der Waals surface area contributed by atoms with Crippen molar-refractivity contribution < 1.29 is 31.9 Å². The molecule has 2 N–H and O–H groups in total. The lowest BCUT2D eigenvalue weighted by Crippen LogP contribution is -2.52. The number of rotatable bonds is 6. The SMILES string of the molecule is CCc1c(N2CCNCC2)c(=O)n2nc(N3CCN4C(=O)OC[C@H]4C3)nc2n1CC(=O)Nc1ccc(C(F)(F)F)cc1F. The number of ether oxygens (including phenoxy) is 1. The van der Waals surface area contributed by atoms with Gasteiger partial charge in [0, 0.05) is 45.8 Å². The Kier molecular flexibility index (Phi) is 7.35. The number of benzene rings is 1. The number of fused-ring (bicyclic) bond motifs is 2. The van der Waals surface area contributed by atoms with Gasteiger partial charge in [-0.2, -0.15) is 22.7 Å². The first-order valence-corrected chi connectivity index (χ1v) is 13.9. The van der Waals surface area contributed by atoms with E-state index in [1.807, 2.05) is 16.7 Å². The lowest BCUT2D eigenvalue weighted by Gasteiger charge is -2.34. The molecule has 230 valence electrons. The highest BCUT2D eigenvalue weighted by molar-refractivity contribution is 5.91. The number of hydrogen-bond acceptors (Lipinski definition) is 9. The Hall–Kier alpha value is -4.41. The summed E-state index contributed by atoms with van der Waals surface area (Å²) in [6.45, 7) is 5.17. The van der Waals surface area contributed by atoms with Crippen LogP contribution in [0, 0.1) is 5.82 Å². The number of alkyl halides is 3. The summed E-state index contributed by atoms with van der Waals surface area (Å²) < 4.78 is 61.3. The molecule has 3 aromatic rings. The van der Waals surface area contributed by atoms with Crippen molar-refractivity contribution in [2.45, 2.75) is 32.1 Å². The second-order valence-corrected chi connectivity index (χ2v) is 10.5. The maximum atomic E-state index is 14.5. The second kappa shape index (κ2) is 11.0. The summed E-state index contributed by atoms with van der Waals surface area (Å²) in [5.74, 6) is -1.65. The largest absolute Gasteiger partial charge is 0.447 e. The highest BCUT2D eigenvalue weighted by atomic mass is 19.4. The number of amides is 2. The summed E-state index contributed by atoms with van der Waals surface area (Å²) in [7, 11) is 0. The van der Waals surface area contributed by atoms with Crippen LogP contribution in [0.15, 0.2) is 23.0 Å². The van der Waals surface area contributed by atoms with Crippen molar-refractivity contribution in [1.29, 1.82) is 0 Å². The number of hydrogen-bond donors (Lipinski definition) is 2. The molecule has 5 heterocycles. The van der Waals surface area contributed by atoms with E-state index in [0.717, 1.165) is 10.6 Å². The highest BCUT2D eigenvalue weighted by Crippen LogP contribution is 2.31. The van der Waals surface area contributed by atoms with E-state index in [4.69, 9.17) is 4.74 Å². The molecule has 2 amide bonds. The standard InChI is InChI=1S/C26H29F4N9O4/c1-2-19-21(35-7-5-31-6-8-35)22(41)39-24(33-23(34-39)36-9-10-37-16(12-36)14-43-25(37)42)38(19)13-20(40)32-18-4-3-15(11-17(18)27)26(28,29)30/h3-4,11,16,31H,2,5-10,12-14H2,1H3,(H,32,40)/t16-/m1/s1. The molecule has 43 heavy (non-hydrogen) atoms. The average molecular weight is 608 g/mol. The van der Waals surface area contributed by atoms with E-state index >= 15 is 0 Å². The topological polar surface area (TPSA) is 129 Å². The molecule has 0 bridgehead atoms. The van der Waals surface area contributed by atoms with Crippen molar-refractivity contribution in [2.24, 2.45) is 0 Å². The van der Waals surface area contributed by atoms with Crippen LogP contribution in [0.1, 0.15) is 18.2 Å². The summed E-state index contributed by atoms with van der Waals surface area (Å²) in [5, 5.41) is 10.1. The summed E-state index contributed by atoms with van der Waals surface area (Å²) in [4.78, 5) is 49.1. The Morgan fingerprint density at radius 2 is 1.91 bits per heavy atom. The van der Waals surface area contributed by atoms with Gasteiger partial charge in [0.05, 0.1) is 23.0 Å². The molecule has 3 aliphatic rings.